The molecule has 0 atom stereocenters. The molecule has 1 aliphatic carbocycles. The molecule has 1 aliphatic rings. The van der Waals surface area contributed by atoms with Crippen LogP contribution in [0.3, 0.4) is 0 Å². The topological polar surface area (TPSA) is 72.7 Å². The lowest BCUT2D eigenvalue weighted by Gasteiger charge is -2.13. The average molecular weight is 357 g/mol. The maximum Gasteiger partial charge on any atom is 0.254 e. The highest BCUT2D eigenvalue weighted by Gasteiger charge is 2.26. The normalized spacial score (nSPS) is 13.5. The Bertz CT molecular complexity index is 906. The standard InChI is InChI=1S/C17H16FN5OS/c18-13-7-3-1-5-11(13)9-19-16(24)15-12-6-2-4-8-14(12)25-17(15)23-10-20-21-22-23/h1,3,5,7,10H,2,4,6,8-9H2,(H,19,24). The van der Waals surface area contributed by atoms with Crippen LogP contribution in [-0.2, 0) is 19.4 Å². The van der Waals surface area contributed by atoms with E-state index in [0.29, 0.717) is 11.1 Å². The Balaban J connectivity index is 1.65. The summed E-state index contributed by atoms with van der Waals surface area (Å²) in [6, 6.07) is 6.44. The van der Waals surface area contributed by atoms with Crippen LogP contribution in [0.25, 0.3) is 5.00 Å². The summed E-state index contributed by atoms with van der Waals surface area (Å²) in [5.74, 6) is -0.538. The summed E-state index contributed by atoms with van der Waals surface area (Å²) in [7, 11) is 0. The van der Waals surface area contributed by atoms with Crippen molar-refractivity contribution in [1.29, 1.82) is 0 Å². The highest BCUT2D eigenvalue weighted by Crippen LogP contribution is 2.36. The van der Waals surface area contributed by atoms with E-state index in [-0.39, 0.29) is 18.3 Å². The van der Waals surface area contributed by atoms with Crippen molar-refractivity contribution in [3.05, 3.63) is 58.0 Å². The Kier molecular flexibility index (Phi) is 4.27. The van der Waals surface area contributed by atoms with Crippen molar-refractivity contribution in [2.24, 2.45) is 0 Å². The summed E-state index contributed by atoms with van der Waals surface area (Å²) in [4.78, 5) is 14.1. The van der Waals surface area contributed by atoms with Crippen LogP contribution in [0.4, 0.5) is 4.39 Å². The second-order valence-corrected chi connectivity index (χ2v) is 7.00. The second-order valence-electron chi connectivity index (χ2n) is 5.92. The predicted molar refractivity (Wildman–Crippen MR) is 91.2 cm³/mol. The van der Waals surface area contributed by atoms with Gasteiger partial charge in [0.15, 0.2) is 0 Å². The van der Waals surface area contributed by atoms with Crippen LogP contribution in [-0.4, -0.2) is 26.1 Å². The van der Waals surface area contributed by atoms with Gasteiger partial charge in [-0.1, -0.05) is 18.2 Å². The van der Waals surface area contributed by atoms with Gasteiger partial charge in [0.2, 0.25) is 0 Å². The smallest absolute Gasteiger partial charge is 0.254 e. The van der Waals surface area contributed by atoms with Crippen LogP contribution in [0, 0.1) is 5.82 Å². The summed E-state index contributed by atoms with van der Waals surface area (Å²) in [6.45, 7) is 0.144. The lowest BCUT2D eigenvalue weighted by molar-refractivity contribution is 0.0950. The van der Waals surface area contributed by atoms with Crippen LogP contribution in [0.1, 0.15) is 39.2 Å². The molecule has 0 saturated carbocycles. The largest absolute Gasteiger partial charge is 0.348 e. The zero-order chi connectivity index (χ0) is 17.2. The number of rotatable bonds is 4. The number of hydrogen-bond donors (Lipinski definition) is 1. The Labute approximate surface area is 147 Å². The third-order valence-electron chi connectivity index (χ3n) is 4.33. The third kappa shape index (κ3) is 3.05. The van der Waals surface area contributed by atoms with Crippen LogP contribution < -0.4 is 5.32 Å². The van der Waals surface area contributed by atoms with Crippen LogP contribution in [0.15, 0.2) is 30.6 Å². The molecule has 0 spiro atoms. The van der Waals surface area contributed by atoms with E-state index in [4.69, 9.17) is 0 Å². The van der Waals surface area contributed by atoms with E-state index < -0.39 is 0 Å². The van der Waals surface area contributed by atoms with Crippen LogP contribution in [0.5, 0.6) is 0 Å². The summed E-state index contributed by atoms with van der Waals surface area (Å²) in [5.41, 5.74) is 2.15. The van der Waals surface area contributed by atoms with Gasteiger partial charge in [-0.15, -0.1) is 16.4 Å². The number of hydrogen-bond acceptors (Lipinski definition) is 5. The van der Waals surface area contributed by atoms with Crippen molar-refractivity contribution in [2.45, 2.75) is 32.2 Å². The molecule has 4 rings (SSSR count). The zero-order valence-corrected chi connectivity index (χ0v) is 14.2. The summed E-state index contributed by atoms with van der Waals surface area (Å²) in [5, 5.41) is 14.8. The molecular formula is C17H16FN5OS. The first-order chi connectivity index (χ1) is 12.2. The van der Waals surface area contributed by atoms with Crippen molar-refractivity contribution in [1.82, 2.24) is 25.5 Å². The summed E-state index contributed by atoms with van der Waals surface area (Å²) < 4.78 is 15.3. The van der Waals surface area contributed by atoms with Crippen molar-refractivity contribution in [3.8, 4) is 5.00 Å². The number of carbonyl (C=O) groups is 1. The van der Waals surface area contributed by atoms with Gasteiger partial charge in [-0.05, 0) is 47.7 Å². The minimum Gasteiger partial charge on any atom is -0.348 e. The molecule has 1 N–H and O–H groups in total. The van der Waals surface area contributed by atoms with Crippen LogP contribution in [0.2, 0.25) is 0 Å². The minimum absolute atomic E-state index is 0.144. The summed E-state index contributed by atoms with van der Waals surface area (Å²) >= 11 is 1.56. The Morgan fingerprint density at radius 3 is 2.92 bits per heavy atom. The van der Waals surface area contributed by atoms with E-state index in [1.54, 1.807) is 29.5 Å². The molecule has 1 amide bonds. The molecule has 0 radical (unpaired) electrons. The maximum atomic E-state index is 13.8. The molecule has 2 aromatic heterocycles. The number of nitrogens with one attached hydrogen (secondary N) is 1. The molecule has 3 aromatic rings. The van der Waals surface area contributed by atoms with E-state index in [2.05, 4.69) is 20.8 Å². The molecule has 8 heteroatoms. The number of fused-ring (bicyclic) bond motifs is 1. The molecule has 0 bridgehead atoms. The molecule has 0 unspecified atom stereocenters. The van der Waals surface area contributed by atoms with Gasteiger partial charge in [-0.2, -0.15) is 4.68 Å². The van der Waals surface area contributed by atoms with E-state index in [0.717, 1.165) is 36.2 Å². The van der Waals surface area contributed by atoms with Gasteiger partial charge in [-0.3, -0.25) is 4.79 Å². The molecule has 25 heavy (non-hydrogen) atoms. The Morgan fingerprint density at radius 1 is 1.28 bits per heavy atom. The van der Waals surface area contributed by atoms with Gasteiger partial charge in [0.1, 0.15) is 17.1 Å². The third-order valence-corrected chi connectivity index (χ3v) is 5.62. The van der Waals surface area contributed by atoms with E-state index >= 15 is 0 Å². The average Bonchev–Trinajstić information content (AvgIpc) is 3.28. The number of nitrogens with zero attached hydrogens (tertiary/aromatic N) is 4. The molecule has 2 heterocycles. The van der Waals surface area contributed by atoms with E-state index in [9.17, 15) is 9.18 Å². The van der Waals surface area contributed by atoms with Gasteiger partial charge < -0.3 is 5.32 Å². The second kappa shape index (κ2) is 6.72. The molecule has 0 aliphatic heterocycles. The van der Waals surface area contributed by atoms with Crippen molar-refractivity contribution < 1.29 is 9.18 Å². The fraction of sp³-hybridized carbons (Fsp3) is 0.294. The lowest BCUT2D eigenvalue weighted by Crippen LogP contribution is -2.25. The molecule has 1 aromatic carbocycles. The predicted octanol–water partition coefficient (Wildman–Crippen LogP) is 2.67. The zero-order valence-electron chi connectivity index (χ0n) is 13.4. The van der Waals surface area contributed by atoms with Crippen molar-refractivity contribution in [3.63, 3.8) is 0 Å². The molecular weight excluding hydrogens is 341 g/mol. The van der Waals surface area contributed by atoms with Gasteiger partial charge in [0.25, 0.3) is 5.91 Å². The van der Waals surface area contributed by atoms with E-state index in [1.807, 2.05) is 0 Å². The number of halogens is 1. The van der Waals surface area contributed by atoms with E-state index in [1.165, 1.54) is 22.0 Å². The molecule has 0 fully saturated rings. The first-order valence-corrected chi connectivity index (χ1v) is 8.95. The van der Waals surface area contributed by atoms with Gasteiger partial charge in [0, 0.05) is 17.0 Å². The first kappa shape index (κ1) is 15.9. The fourth-order valence-electron chi connectivity index (χ4n) is 3.11. The quantitative estimate of drug-likeness (QED) is 0.779. The van der Waals surface area contributed by atoms with Crippen molar-refractivity contribution >= 4 is 17.2 Å². The van der Waals surface area contributed by atoms with Gasteiger partial charge >= 0.3 is 0 Å². The highest BCUT2D eigenvalue weighted by atomic mass is 32.1. The Hall–Kier alpha value is -2.61. The van der Waals surface area contributed by atoms with Crippen LogP contribution >= 0.6 is 11.3 Å². The van der Waals surface area contributed by atoms with Crippen molar-refractivity contribution in [2.75, 3.05) is 0 Å². The number of tetrazole rings is 1. The van der Waals surface area contributed by atoms with Gasteiger partial charge in [0.05, 0.1) is 5.56 Å². The Morgan fingerprint density at radius 2 is 2.12 bits per heavy atom. The molecule has 6 nitrogen and oxygen atoms in total. The van der Waals surface area contributed by atoms with Gasteiger partial charge in [-0.25, -0.2) is 4.39 Å². The highest BCUT2D eigenvalue weighted by molar-refractivity contribution is 7.15. The molecule has 0 saturated heterocycles. The SMILES string of the molecule is O=C(NCc1ccccc1F)c1c(-n2cnnn2)sc2c1CCCC2. The fourth-order valence-corrected chi connectivity index (χ4v) is 4.41. The number of thiophene rings is 1. The maximum absolute atomic E-state index is 13.8. The number of carbonyl (C=O) groups excluding carboxylic acids is 1. The lowest BCUT2D eigenvalue weighted by atomic mass is 9.95. The number of benzene rings is 1. The first-order valence-electron chi connectivity index (χ1n) is 8.13. The minimum atomic E-state index is -0.323. The monoisotopic (exact) mass is 357 g/mol. The number of aromatic nitrogens is 4. The molecule has 128 valence electrons. The summed E-state index contributed by atoms with van der Waals surface area (Å²) in [6.07, 6.45) is 5.52. The number of aryl methyl sites for hydroxylation is 1. The number of amides is 1.